The zero-order valence-corrected chi connectivity index (χ0v) is 12.2. The van der Waals surface area contributed by atoms with Gasteiger partial charge in [-0.05, 0) is 28.8 Å². The van der Waals surface area contributed by atoms with Crippen LogP contribution in [0, 0.1) is 0 Å². The van der Waals surface area contributed by atoms with E-state index in [1.165, 1.54) is 5.56 Å². The Bertz CT molecular complexity index is 500. The van der Waals surface area contributed by atoms with Crippen LogP contribution in [-0.2, 0) is 17.7 Å². The van der Waals surface area contributed by atoms with Crippen molar-refractivity contribution in [2.75, 3.05) is 13.7 Å². The van der Waals surface area contributed by atoms with E-state index in [0.29, 0.717) is 18.2 Å². The minimum Gasteiger partial charge on any atom is -0.383 e. The summed E-state index contributed by atoms with van der Waals surface area (Å²) in [4.78, 5) is 0. The van der Waals surface area contributed by atoms with Gasteiger partial charge < -0.3 is 4.74 Å². The van der Waals surface area contributed by atoms with Crippen molar-refractivity contribution in [3.8, 4) is 0 Å². The van der Waals surface area contributed by atoms with Gasteiger partial charge in [0.2, 0.25) is 0 Å². The lowest BCUT2D eigenvalue weighted by molar-refractivity contribution is 0.181. The molecule has 0 amide bonds. The van der Waals surface area contributed by atoms with Gasteiger partial charge in [-0.3, -0.25) is 16.0 Å². The minimum absolute atomic E-state index is 0.0681. The van der Waals surface area contributed by atoms with Crippen molar-refractivity contribution in [2.45, 2.75) is 19.0 Å². The number of hydrogen-bond acceptors (Lipinski definition) is 5. The average Bonchev–Trinajstić information content (AvgIpc) is 3.04. The van der Waals surface area contributed by atoms with Crippen LogP contribution in [0.2, 0.25) is 5.02 Å². The van der Waals surface area contributed by atoms with Gasteiger partial charge in [0, 0.05) is 7.11 Å². The van der Waals surface area contributed by atoms with E-state index in [2.05, 4.69) is 22.0 Å². The highest BCUT2D eigenvalue weighted by Crippen LogP contribution is 2.25. The lowest BCUT2D eigenvalue weighted by Crippen LogP contribution is -2.32. The topological polar surface area (TPSA) is 65.1 Å². The molecule has 0 saturated carbocycles. The van der Waals surface area contributed by atoms with Crippen molar-refractivity contribution in [1.29, 1.82) is 0 Å². The fourth-order valence-corrected chi connectivity index (χ4v) is 2.91. The Balaban J connectivity index is 2.19. The summed E-state index contributed by atoms with van der Waals surface area (Å²) >= 11 is 7.89. The third kappa shape index (κ3) is 3.55. The number of ether oxygens (including phenoxy) is 1. The number of hydrogen-bond donors (Lipinski definition) is 2. The number of hydrazine groups is 1. The zero-order valence-electron chi connectivity index (χ0n) is 10.7. The molecule has 3 N–H and O–H groups in total. The van der Waals surface area contributed by atoms with Crippen LogP contribution in [0.5, 0.6) is 0 Å². The Hall–Kier alpha value is -0.920. The largest absolute Gasteiger partial charge is 0.383 e. The molecular weight excluding hydrogens is 284 g/mol. The summed E-state index contributed by atoms with van der Waals surface area (Å²) in [5, 5.41) is 9.04. The summed E-state index contributed by atoms with van der Waals surface area (Å²) in [5.74, 6) is 5.67. The summed E-state index contributed by atoms with van der Waals surface area (Å²) in [6.07, 6.45) is 2.42. The normalized spacial score (nSPS) is 12.8. The van der Waals surface area contributed by atoms with Gasteiger partial charge in [-0.2, -0.15) is 16.4 Å². The lowest BCUT2D eigenvalue weighted by Gasteiger charge is -2.18. The summed E-state index contributed by atoms with van der Waals surface area (Å²) in [6.45, 7) is 1.24. The fourth-order valence-electron chi connectivity index (χ4n) is 1.95. The Morgan fingerprint density at radius 3 is 3.11 bits per heavy atom. The molecule has 104 valence electrons. The maximum atomic E-state index is 6.22. The molecule has 5 nitrogen and oxygen atoms in total. The number of methoxy groups -OCH3 is 1. The molecule has 2 rings (SSSR count). The molecule has 19 heavy (non-hydrogen) atoms. The molecule has 0 fully saturated rings. The third-order valence-electron chi connectivity index (χ3n) is 2.89. The van der Waals surface area contributed by atoms with E-state index in [9.17, 15) is 0 Å². The van der Waals surface area contributed by atoms with Crippen LogP contribution in [0.3, 0.4) is 0 Å². The molecule has 0 bridgehead atoms. The molecule has 0 radical (unpaired) electrons. The first-order chi connectivity index (χ1) is 9.26. The molecule has 7 heteroatoms. The molecule has 0 aliphatic heterocycles. The van der Waals surface area contributed by atoms with Crippen LogP contribution in [0.4, 0.5) is 0 Å². The molecule has 0 aliphatic carbocycles. The zero-order chi connectivity index (χ0) is 13.7. The quantitative estimate of drug-likeness (QED) is 0.606. The van der Waals surface area contributed by atoms with Gasteiger partial charge in [0.25, 0.3) is 0 Å². The highest BCUT2D eigenvalue weighted by molar-refractivity contribution is 7.07. The van der Waals surface area contributed by atoms with E-state index < -0.39 is 0 Å². The summed E-state index contributed by atoms with van der Waals surface area (Å²) in [7, 11) is 1.66. The van der Waals surface area contributed by atoms with E-state index in [4.69, 9.17) is 22.2 Å². The highest BCUT2D eigenvalue weighted by atomic mass is 35.5. The van der Waals surface area contributed by atoms with Crippen LogP contribution in [0.15, 0.2) is 23.0 Å². The molecule has 0 spiro atoms. The molecule has 0 saturated heterocycles. The van der Waals surface area contributed by atoms with E-state index in [1.54, 1.807) is 24.6 Å². The molecule has 0 aromatic carbocycles. The first kappa shape index (κ1) is 14.5. The standard InChI is InChI=1S/C12H17ClN4OS/c1-18-4-3-17-12(10(13)7-15-17)11(16-14)6-9-2-5-19-8-9/h2,5,7-8,11,16H,3-4,6,14H2,1H3. The van der Waals surface area contributed by atoms with Gasteiger partial charge in [-0.15, -0.1) is 0 Å². The average molecular weight is 301 g/mol. The highest BCUT2D eigenvalue weighted by Gasteiger charge is 2.19. The van der Waals surface area contributed by atoms with Crippen molar-refractivity contribution >= 4 is 22.9 Å². The van der Waals surface area contributed by atoms with Crippen LogP contribution < -0.4 is 11.3 Å². The number of nitrogens with one attached hydrogen (secondary N) is 1. The first-order valence-electron chi connectivity index (χ1n) is 5.93. The van der Waals surface area contributed by atoms with Gasteiger partial charge in [0.1, 0.15) is 0 Å². The predicted octanol–water partition coefficient (Wildman–Crippen LogP) is 1.99. The van der Waals surface area contributed by atoms with Gasteiger partial charge in [-0.25, -0.2) is 0 Å². The predicted molar refractivity (Wildman–Crippen MR) is 77.2 cm³/mol. The maximum absolute atomic E-state index is 6.22. The maximum Gasteiger partial charge on any atom is 0.0834 e. The number of nitrogens with two attached hydrogens (primary N) is 1. The first-order valence-corrected chi connectivity index (χ1v) is 7.25. The van der Waals surface area contributed by atoms with Crippen molar-refractivity contribution in [3.63, 3.8) is 0 Å². The van der Waals surface area contributed by atoms with Crippen molar-refractivity contribution in [2.24, 2.45) is 5.84 Å². The second kappa shape index (κ2) is 7.02. The number of halogens is 1. The fraction of sp³-hybridized carbons (Fsp3) is 0.417. The monoisotopic (exact) mass is 300 g/mol. The van der Waals surface area contributed by atoms with Crippen LogP contribution in [0.25, 0.3) is 0 Å². The Morgan fingerprint density at radius 1 is 1.63 bits per heavy atom. The number of thiophene rings is 1. The molecule has 2 heterocycles. The van der Waals surface area contributed by atoms with Crippen LogP contribution in [0.1, 0.15) is 17.3 Å². The molecular formula is C12H17ClN4OS. The molecule has 0 aliphatic rings. The smallest absolute Gasteiger partial charge is 0.0834 e. The van der Waals surface area contributed by atoms with E-state index in [1.807, 2.05) is 10.1 Å². The van der Waals surface area contributed by atoms with Crippen LogP contribution in [-0.4, -0.2) is 23.5 Å². The second-order valence-electron chi connectivity index (χ2n) is 4.15. The SMILES string of the molecule is COCCn1ncc(Cl)c1C(Cc1ccsc1)NN. The molecule has 2 aromatic heterocycles. The number of nitrogens with zero attached hydrogens (tertiary/aromatic N) is 2. The van der Waals surface area contributed by atoms with E-state index in [0.717, 1.165) is 12.1 Å². The molecule has 1 atom stereocenters. The molecule has 2 aromatic rings. The summed E-state index contributed by atoms with van der Waals surface area (Å²) in [5.41, 5.74) is 4.94. The number of aromatic nitrogens is 2. The summed E-state index contributed by atoms with van der Waals surface area (Å²) < 4.78 is 6.91. The van der Waals surface area contributed by atoms with Gasteiger partial charge >= 0.3 is 0 Å². The van der Waals surface area contributed by atoms with Crippen molar-refractivity contribution < 1.29 is 4.74 Å². The van der Waals surface area contributed by atoms with Crippen molar-refractivity contribution in [3.05, 3.63) is 39.3 Å². The Morgan fingerprint density at radius 2 is 2.47 bits per heavy atom. The van der Waals surface area contributed by atoms with Gasteiger partial charge in [-0.1, -0.05) is 11.6 Å². The number of rotatable bonds is 7. The Labute approximate surface area is 121 Å². The van der Waals surface area contributed by atoms with Crippen molar-refractivity contribution in [1.82, 2.24) is 15.2 Å². The third-order valence-corrected chi connectivity index (χ3v) is 3.91. The second-order valence-corrected chi connectivity index (χ2v) is 5.34. The lowest BCUT2D eigenvalue weighted by atomic mass is 10.1. The summed E-state index contributed by atoms with van der Waals surface area (Å²) in [6, 6.07) is 2.01. The van der Waals surface area contributed by atoms with Gasteiger partial charge in [0.15, 0.2) is 0 Å². The van der Waals surface area contributed by atoms with Gasteiger partial charge in [0.05, 0.1) is 36.1 Å². The van der Waals surface area contributed by atoms with Crippen LogP contribution >= 0.6 is 22.9 Å². The van der Waals surface area contributed by atoms with E-state index >= 15 is 0 Å². The minimum atomic E-state index is -0.0681. The van der Waals surface area contributed by atoms with E-state index in [-0.39, 0.29) is 6.04 Å². The molecule has 1 unspecified atom stereocenters. The Kier molecular flexibility index (Phi) is 5.35.